The van der Waals surface area contributed by atoms with E-state index in [1.165, 1.54) is 19.3 Å². The lowest BCUT2D eigenvalue weighted by Crippen LogP contribution is -2.22. The lowest BCUT2D eigenvalue weighted by molar-refractivity contribution is -0.118. The smallest absolute Gasteiger partial charge is 0.196 e. The van der Waals surface area contributed by atoms with Crippen LogP contribution in [0.15, 0.2) is 33.2 Å². The molecule has 1 N–H and O–H groups in total. The van der Waals surface area contributed by atoms with Gasteiger partial charge in [-0.05, 0) is 20.3 Å². The predicted molar refractivity (Wildman–Crippen MR) is 96.6 cm³/mol. The molecule has 0 saturated heterocycles. The molecule has 3 rings (SSSR count). The Kier molecular flexibility index (Phi) is 4.76. The second kappa shape index (κ2) is 6.86. The number of aromatic hydroxyl groups is 1. The van der Waals surface area contributed by atoms with Crippen molar-refractivity contribution in [1.82, 2.24) is 0 Å². The third-order valence-corrected chi connectivity index (χ3v) is 4.53. The molecule has 2 heterocycles. The second-order valence-corrected chi connectivity index (χ2v) is 6.75. The van der Waals surface area contributed by atoms with Gasteiger partial charge in [0.15, 0.2) is 11.2 Å². The molecule has 0 aliphatic carbocycles. The quantitative estimate of drug-likeness (QED) is 0.903. The van der Waals surface area contributed by atoms with Gasteiger partial charge < -0.3 is 19.0 Å². The molecule has 0 radical (unpaired) electrons. The topological polar surface area (TPSA) is 86.0 Å². The van der Waals surface area contributed by atoms with Crippen molar-refractivity contribution in [2.45, 2.75) is 39.7 Å². The Morgan fingerprint density at radius 1 is 1.35 bits per heavy atom. The van der Waals surface area contributed by atoms with Crippen LogP contribution in [-0.4, -0.2) is 24.1 Å². The van der Waals surface area contributed by atoms with Gasteiger partial charge >= 0.3 is 0 Å². The Morgan fingerprint density at radius 3 is 2.73 bits per heavy atom. The number of allylic oxidation sites excluding steroid dienone is 2. The first-order valence-corrected chi connectivity index (χ1v) is 8.54. The molecule has 2 atom stereocenters. The van der Waals surface area contributed by atoms with Crippen LogP contribution in [0.3, 0.4) is 0 Å². The van der Waals surface area contributed by atoms with E-state index in [9.17, 15) is 14.7 Å². The van der Waals surface area contributed by atoms with Crippen molar-refractivity contribution in [3.05, 3.63) is 45.5 Å². The predicted octanol–water partition coefficient (Wildman–Crippen LogP) is 3.26. The maximum absolute atomic E-state index is 12.3. The zero-order chi connectivity index (χ0) is 19.0. The molecule has 6 heteroatoms. The minimum Gasteiger partial charge on any atom is -0.507 e. The zero-order valence-electron chi connectivity index (χ0n) is 15.3. The van der Waals surface area contributed by atoms with Crippen LogP contribution >= 0.6 is 0 Å². The molecular formula is C20H22O6. The highest BCUT2D eigenvalue weighted by Crippen LogP contribution is 2.38. The van der Waals surface area contributed by atoms with E-state index < -0.39 is 0 Å². The summed E-state index contributed by atoms with van der Waals surface area (Å²) < 4.78 is 16.7. The fraction of sp³-hybridized carbons (Fsp3) is 0.400. The third kappa shape index (κ3) is 3.31. The maximum atomic E-state index is 12.3. The molecule has 0 amide bonds. The van der Waals surface area contributed by atoms with Gasteiger partial charge in [-0.3, -0.25) is 9.59 Å². The van der Waals surface area contributed by atoms with Gasteiger partial charge in [0.1, 0.15) is 40.1 Å². The Balaban J connectivity index is 2.06. The Bertz CT molecular complexity index is 953. The molecule has 0 spiro atoms. The Morgan fingerprint density at radius 2 is 2.08 bits per heavy atom. The van der Waals surface area contributed by atoms with Gasteiger partial charge in [-0.25, -0.2) is 0 Å². The van der Waals surface area contributed by atoms with Gasteiger partial charge in [-0.15, -0.1) is 0 Å². The summed E-state index contributed by atoms with van der Waals surface area (Å²) in [6, 6.07) is 2.95. The molecule has 2 unspecified atom stereocenters. The van der Waals surface area contributed by atoms with Crippen LogP contribution in [0.25, 0.3) is 11.0 Å². The lowest BCUT2D eigenvalue weighted by atomic mass is 9.94. The number of carbonyl (C=O) groups excluding carboxylic acids is 1. The van der Waals surface area contributed by atoms with Crippen molar-refractivity contribution < 1.29 is 23.8 Å². The number of ether oxygens (including phenoxy) is 2. The molecule has 1 aromatic carbocycles. The van der Waals surface area contributed by atoms with Gasteiger partial charge in [0.05, 0.1) is 7.11 Å². The first kappa shape index (κ1) is 18.0. The van der Waals surface area contributed by atoms with E-state index in [4.69, 9.17) is 13.9 Å². The number of methoxy groups -OCH3 is 1. The van der Waals surface area contributed by atoms with Crippen LogP contribution < -0.4 is 10.2 Å². The van der Waals surface area contributed by atoms with Crippen molar-refractivity contribution >= 4 is 16.8 Å². The third-order valence-electron chi connectivity index (χ3n) is 4.53. The van der Waals surface area contributed by atoms with E-state index in [2.05, 4.69) is 0 Å². The highest BCUT2D eigenvalue weighted by atomic mass is 16.5. The van der Waals surface area contributed by atoms with Gasteiger partial charge in [0, 0.05) is 36.1 Å². The SMILES string of the molecule is COc1cc2oc(C)cc(=O)c2c(O)c1CC(C)C1=CC(=O)CC(C)O1. The summed E-state index contributed by atoms with van der Waals surface area (Å²) in [5.74, 6) is 1.15. The molecular weight excluding hydrogens is 336 g/mol. The molecule has 0 bridgehead atoms. The summed E-state index contributed by atoms with van der Waals surface area (Å²) in [5.41, 5.74) is 0.450. The molecule has 1 aromatic heterocycles. The number of phenols is 1. The summed E-state index contributed by atoms with van der Waals surface area (Å²) in [6.45, 7) is 5.42. The monoisotopic (exact) mass is 358 g/mol. The van der Waals surface area contributed by atoms with E-state index in [1.807, 2.05) is 13.8 Å². The number of hydrogen-bond acceptors (Lipinski definition) is 6. The average molecular weight is 358 g/mol. The van der Waals surface area contributed by atoms with Gasteiger partial charge in [0.25, 0.3) is 0 Å². The first-order valence-electron chi connectivity index (χ1n) is 8.54. The Labute approximate surface area is 151 Å². The molecule has 0 fully saturated rings. The molecule has 138 valence electrons. The summed E-state index contributed by atoms with van der Waals surface area (Å²) in [7, 11) is 1.49. The van der Waals surface area contributed by atoms with Crippen LogP contribution in [0, 0.1) is 12.8 Å². The van der Waals surface area contributed by atoms with Crippen LogP contribution in [0.2, 0.25) is 0 Å². The fourth-order valence-electron chi connectivity index (χ4n) is 3.29. The zero-order valence-corrected chi connectivity index (χ0v) is 15.3. The maximum Gasteiger partial charge on any atom is 0.196 e. The highest BCUT2D eigenvalue weighted by molar-refractivity contribution is 5.91. The first-order chi connectivity index (χ1) is 12.3. The number of carbonyl (C=O) groups is 1. The number of phenolic OH excluding ortho intramolecular Hbond substituents is 1. The number of hydrogen-bond donors (Lipinski definition) is 1. The largest absolute Gasteiger partial charge is 0.507 e. The summed E-state index contributed by atoms with van der Waals surface area (Å²) in [4.78, 5) is 24.1. The second-order valence-electron chi connectivity index (χ2n) is 6.75. The van der Waals surface area contributed by atoms with E-state index in [1.54, 1.807) is 13.0 Å². The molecule has 1 aliphatic heterocycles. The normalized spacial score (nSPS) is 18.4. The fourth-order valence-corrected chi connectivity index (χ4v) is 3.29. The number of benzene rings is 1. The van der Waals surface area contributed by atoms with Gasteiger partial charge in [0.2, 0.25) is 0 Å². The number of rotatable bonds is 4. The minimum atomic E-state index is -0.310. The van der Waals surface area contributed by atoms with Crippen molar-refractivity contribution in [3.8, 4) is 11.5 Å². The van der Waals surface area contributed by atoms with Gasteiger partial charge in [-0.1, -0.05) is 6.92 Å². The molecule has 1 aliphatic rings. The van der Waals surface area contributed by atoms with Crippen LogP contribution in [0.4, 0.5) is 0 Å². The summed E-state index contributed by atoms with van der Waals surface area (Å²) >= 11 is 0. The Hall–Kier alpha value is -2.76. The van der Waals surface area contributed by atoms with Crippen LogP contribution in [0.1, 0.15) is 31.6 Å². The van der Waals surface area contributed by atoms with Gasteiger partial charge in [-0.2, -0.15) is 0 Å². The van der Waals surface area contributed by atoms with Crippen molar-refractivity contribution in [2.24, 2.45) is 5.92 Å². The molecule has 2 aromatic rings. The van der Waals surface area contributed by atoms with E-state index >= 15 is 0 Å². The van der Waals surface area contributed by atoms with Crippen LogP contribution in [0.5, 0.6) is 11.5 Å². The molecule has 26 heavy (non-hydrogen) atoms. The average Bonchev–Trinajstić information content (AvgIpc) is 2.55. The number of ketones is 1. The molecule has 0 saturated carbocycles. The van der Waals surface area contributed by atoms with Crippen molar-refractivity contribution in [2.75, 3.05) is 7.11 Å². The lowest BCUT2D eigenvalue weighted by Gasteiger charge is -2.25. The van der Waals surface area contributed by atoms with Crippen molar-refractivity contribution in [1.29, 1.82) is 0 Å². The van der Waals surface area contributed by atoms with Crippen LogP contribution in [-0.2, 0) is 16.0 Å². The summed E-state index contributed by atoms with van der Waals surface area (Å²) in [5, 5.41) is 10.8. The minimum absolute atomic E-state index is 0.0245. The van der Waals surface area contributed by atoms with E-state index in [-0.39, 0.29) is 40.0 Å². The highest BCUT2D eigenvalue weighted by Gasteiger charge is 2.25. The standard InChI is InChI=1S/C20H22O6/c1-10(16-8-13(21)6-11(2)25-16)5-14-17(24-4)9-18-19(20(14)23)15(22)7-12(3)26-18/h7-11,23H,5-6H2,1-4H3. The van der Waals surface area contributed by atoms with E-state index in [0.29, 0.717) is 35.7 Å². The van der Waals surface area contributed by atoms with Crippen molar-refractivity contribution in [3.63, 3.8) is 0 Å². The number of fused-ring (bicyclic) bond motifs is 1. The number of aryl methyl sites for hydroxylation is 1. The molecule has 6 nitrogen and oxygen atoms in total. The summed E-state index contributed by atoms with van der Waals surface area (Å²) in [6.07, 6.45) is 2.05. The van der Waals surface area contributed by atoms with E-state index in [0.717, 1.165) is 0 Å².